The zero-order valence-electron chi connectivity index (χ0n) is 15.5. The number of fused-ring (bicyclic) bond motifs is 1. The van der Waals surface area contributed by atoms with E-state index >= 15 is 0 Å². The molecule has 2 amide bonds. The maximum absolute atomic E-state index is 14.0. The molecule has 142 valence electrons. The molecule has 0 bridgehead atoms. The van der Waals surface area contributed by atoms with Crippen LogP contribution in [0.1, 0.15) is 28.3 Å². The van der Waals surface area contributed by atoms with Gasteiger partial charge in [-0.15, -0.1) is 0 Å². The fraction of sp³-hybridized carbons (Fsp3) is 0.174. The Bertz CT molecular complexity index is 1020. The largest absolute Gasteiger partial charge is 0.322 e. The Labute approximate surface area is 162 Å². The Hall–Kier alpha value is -3.21. The summed E-state index contributed by atoms with van der Waals surface area (Å²) in [5, 5.41) is 2.59. The Morgan fingerprint density at radius 3 is 2.54 bits per heavy atom. The lowest BCUT2D eigenvalue weighted by molar-refractivity contribution is 0.194. The molecule has 0 fully saturated rings. The SMILES string of the molecule is Cc1ccc([C@@H]2c3ccccc3CCN2C(=O)Nc2ccc(F)cc2F)cc1. The Morgan fingerprint density at radius 1 is 1.04 bits per heavy atom. The number of halogens is 2. The Morgan fingerprint density at radius 2 is 1.79 bits per heavy atom. The number of carbonyl (C=O) groups excluding carboxylic acids is 1. The van der Waals surface area contributed by atoms with E-state index < -0.39 is 17.7 Å². The molecule has 3 nitrogen and oxygen atoms in total. The van der Waals surface area contributed by atoms with Gasteiger partial charge in [0.25, 0.3) is 0 Å². The fourth-order valence-electron chi connectivity index (χ4n) is 3.67. The van der Waals surface area contributed by atoms with Crippen LogP contribution in [0, 0.1) is 18.6 Å². The summed E-state index contributed by atoms with van der Waals surface area (Å²) < 4.78 is 27.2. The Kier molecular flexibility index (Phi) is 4.82. The molecule has 1 N–H and O–H groups in total. The van der Waals surface area contributed by atoms with Crippen LogP contribution in [0.4, 0.5) is 19.3 Å². The standard InChI is InChI=1S/C23H20F2N2O/c1-15-6-8-17(9-7-15)22-19-5-3-2-4-16(19)12-13-27(22)23(28)26-21-11-10-18(24)14-20(21)25/h2-11,14,22H,12-13H2,1H3,(H,26,28)/t22-/m1/s1. The van der Waals surface area contributed by atoms with Crippen LogP contribution in [-0.4, -0.2) is 17.5 Å². The number of urea groups is 1. The molecule has 1 aliphatic rings. The maximum Gasteiger partial charge on any atom is 0.322 e. The smallest absolute Gasteiger partial charge is 0.313 e. The van der Waals surface area contributed by atoms with Gasteiger partial charge in [-0.05, 0) is 42.2 Å². The molecule has 0 spiro atoms. The molecule has 0 saturated heterocycles. The topological polar surface area (TPSA) is 32.3 Å². The molecule has 0 unspecified atom stereocenters. The molecule has 0 radical (unpaired) electrons. The van der Waals surface area contributed by atoms with Crippen molar-refractivity contribution in [2.75, 3.05) is 11.9 Å². The van der Waals surface area contributed by atoms with Gasteiger partial charge in [0.1, 0.15) is 11.6 Å². The van der Waals surface area contributed by atoms with E-state index in [0.29, 0.717) is 6.54 Å². The summed E-state index contributed by atoms with van der Waals surface area (Å²) in [6.45, 7) is 2.52. The number of hydrogen-bond acceptors (Lipinski definition) is 1. The first-order valence-corrected chi connectivity index (χ1v) is 9.20. The Balaban J connectivity index is 1.70. The minimum absolute atomic E-state index is 0.0343. The molecule has 1 heterocycles. The van der Waals surface area contributed by atoms with E-state index in [2.05, 4.69) is 11.4 Å². The van der Waals surface area contributed by atoms with Crippen LogP contribution in [0.15, 0.2) is 66.7 Å². The molecule has 0 aromatic heterocycles. The van der Waals surface area contributed by atoms with Gasteiger partial charge in [0.05, 0.1) is 11.7 Å². The van der Waals surface area contributed by atoms with Gasteiger partial charge in [-0.25, -0.2) is 13.6 Å². The van der Waals surface area contributed by atoms with Crippen molar-refractivity contribution in [1.29, 1.82) is 0 Å². The number of amides is 2. The van der Waals surface area contributed by atoms with Crippen molar-refractivity contribution in [2.24, 2.45) is 0 Å². The van der Waals surface area contributed by atoms with Gasteiger partial charge in [-0.2, -0.15) is 0 Å². The first kappa shape index (κ1) is 18.2. The first-order chi connectivity index (χ1) is 13.5. The monoisotopic (exact) mass is 378 g/mol. The van der Waals surface area contributed by atoms with Crippen molar-refractivity contribution < 1.29 is 13.6 Å². The molecule has 0 aliphatic carbocycles. The molecule has 1 atom stereocenters. The number of nitrogens with one attached hydrogen (secondary N) is 1. The van der Waals surface area contributed by atoms with E-state index in [1.165, 1.54) is 11.6 Å². The fourth-order valence-corrected chi connectivity index (χ4v) is 3.67. The highest BCUT2D eigenvalue weighted by molar-refractivity contribution is 5.90. The highest BCUT2D eigenvalue weighted by Crippen LogP contribution is 2.35. The van der Waals surface area contributed by atoms with E-state index in [1.54, 1.807) is 4.90 Å². The zero-order valence-corrected chi connectivity index (χ0v) is 15.5. The summed E-state index contributed by atoms with van der Waals surface area (Å²) in [6, 6.07) is 18.6. The lowest BCUT2D eigenvalue weighted by atomic mass is 9.88. The van der Waals surface area contributed by atoms with Crippen molar-refractivity contribution in [3.05, 3.63) is 101 Å². The lowest BCUT2D eigenvalue weighted by Crippen LogP contribution is -2.43. The van der Waals surface area contributed by atoms with E-state index in [0.717, 1.165) is 35.2 Å². The van der Waals surface area contributed by atoms with Crippen LogP contribution >= 0.6 is 0 Å². The van der Waals surface area contributed by atoms with E-state index in [4.69, 9.17) is 0 Å². The molecule has 5 heteroatoms. The maximum atomic E-state index is 14.0. The van der Waals surface area contributed by atoms with Gasteiger partial charge < -0.3 is 10.2 Å². The third-order valence-electron chi connectivity index (χ3n) is 5.11. The van der Waals surface area contributed by atoms with Gasteiger partial charge in [-0.3, -0.25) is 0 Å². The van der Waals surface area contributed by atoms with Gasteiger partial charge >= 0.3 is 6.03 Å². The number of aryl methyl sites for hydroxylation is 1. The van der Waals surface area contributed by atoms with Gasteiger partial charge in [0, 0.05) is 12.6 Å². The second-order valence-electron chi connectivity index (χ2n) is 7.01. The zero-order chi connectivity index (χ0) is 19.7. The predicted octanol–water partition coefficient (Wildman–Crippen LogP) is 5.45. The average Bonchev–Trinajstić information content (AvgIpc) is 2.70. The van der Waals surface area contributed by atoms with Crippen LogP contribution < -0.4 is 5.32 Å². The average molecular weight is 378 g/mol. The highest BCUT2D eigenvalue weighted by atomic mass is 19.1. The number of rotatable bonds is 2. The summed E-state index contributed by atoms with van der Waals surface area (Å²) in [5.74, 6) is -1.47. The van der Waals surface area contributed by atoms with Gasteiger partial charge in [0.2, 0.25) is 0 Å². The van der Waals surface area contributed by atoms with Gasteiger partial charge in [-0.1, -0.05) is 54.1 Å². The third-order valence-corrected chi connectivity index (χ3v) is 5.11. The molecule has 0 saturated carbocycles. The third kappa shape index (κ3) is 3.48. The quantitative estimate of drug-likeness (QED) is 0.632. The molecule has 3 aromatic rings. The first-order valence-electron chi connectivity index (χ1n) is 9.20. The number of anilines is 1. The number of benzene rings is 3. The number of carbonyl (C=O) groups is 1. The summed E-state index contributed by atoms with van der Waals surface area (Å²) in [4.78, 5) is 14.7. The minimum Gasteiger partial charge on any atom is -0.313 e. The second-order valence-corrected chi connectivity index (χ2v) is 7.01. The van der Waals surface area contributed by atoms with E-state index in [9.17, 15) is 13.6 Å². The van der Waals surface area contributed by atoms with Crippen LogP contribution in [0.3, 0.4) is 0 Å². The molecule has 3 aromatic carbocycles. The summed E-state index contributed by atoms with van der Waals surface area (Å²) in [5.41, 5.74) is 4.36. The molecular weight excluding hydrogens is 358 g/mol. The number of nitrogens with zero attached hydrogens (tertiary/aromatic N) is 1. The molecule has 4 rings (SSSR count). The molecule has 1 aliphatic heterocycles. The minimum atomic E-state index is -0.794. The van der Waals surface area contributed by atoms with Crippen LogP contribution in [-0.2, 0) is 6.42 Å². The van der Waals surface area contributed by atoms with Crippen molar-refractivity contribution in [3.8, 4) is 0 Å². The number of hydrogen-bond donors (Lipinski definition) is 1. The van der Waals surface area contributed by atoms with Gasteiger partial charge in [0.15, 0.2) is 0 Å². The lowest BCUT2D eigenvalue weighted by Gasteiger charge is -2.37. The van der Waals surface area contributed by atoms with Crippen molar-refractivity contribution >= 4 is 11.7 Å². The van der Waals surface area contributed by atoms with E-state index in [-0.39, 0.29) is 11.7 Å². The van der Waals surface area contributed by atoms with Crippen molar-refractivity contribution in [2.45, 2.75) is 19.4 Å². The van der Waals surface area contributed by atoms with E-state index in [1.807, 2.05) is 49.4 Å². The molecular formula is C23H20F2N2O. The van der Waals surface area contributed by atoms with Crippen molar-refractivity contribution in [1.82, 2.24) is 4.90 Å². The highest BCUT2D eigenvalue weighted by Gasteiger charge is 2.32. The summed E-state index contributed by atoms with van der Waals surface area (Å²) in [6.07, 6.45) is 0.720. The van der Waals surface area contributed by atoms with Crippen molar-refractivity contribution in [3.63, 3.8) is 0 Å². The predicted molar refractivity (Wildman–Crippen MR) is 105 cm³/mol. The van der Waals surface area contributed by atoms with Crippen LogP contribution in [0.5, 0.6) is 0 Å². The van der Waals surface area contributed by atoms with Crippen LogP contribution in [0.2, 0.25) is 0 Å². The molecule has 28 heavy (non-hydrogen) atoms. The normalized spacial score (nSPS) is 15.8. The second kappa shape index (κ2) is 7.43. The summed E-state index contributed by atoms with van der Waals surface area (Å²) in [7, 11) is 0. The van der Waals surface area contributed by atoms with Crippen LogP contribution in [0.25, 0.3) is 0 Å². The summed E-state index contributed by atoms with van der Waals surface area (Å²) >= 11 is 0.